The summed E-state index contributed by atoms with van der Waals surface area (Å²) in [5.41, 5.74) is -0.401. The molecular formula is C16H10F3NO2. The van der Waals surface area contributed by atoms with Crippen LogP contribution in [0, 0.1) is 11.3 Å². The lowest BCUT2D eigenvalue weighted by Crippen LogP contribution is -2.12. The van der Waals surface area contributed by atoms with Gasteiger partial charge in [0.1, 0.15) is 6.61 Å². The van der Waals surface area contributed by atoms with E-state index in [0.717, 1.165) is 6.07 Å². The van der Waals surface area contributed by atoms with E-state index < -0.39 is 24.3 Å². The summed E-state index contributed by atoms with van der Waals surface area (Å²) < 4.78 is 43.3. The first kappa shape index (κ1) is 15.6. The molecule has 0 saturated carbocycles. The molecule has 0 aliphatic rings. The first-order chi connectivity index (χ1) is 10.4. The lowest BCUT2D eigenvalue weighted by Gasteiger charge is -2.12. The molecule has 3 nitrogen and oxygen atoms in total. The summed E-state index contributed by atoms with van der Waals surface area (Å²) >= 11 is 0. The highest BCUT2D eigenvalue weighted by molar-refractivity contribution is 5.89. The molecule has 0 spiro atoms. The molecular weight excluding hydrogens is 295 g/mol. The van der Waals surface area contributed by atoms with Crippen molar-refractivity contribution in [2.24, 2.45) is 0 Å². The van der Waals surface area contributed by atoms with Crippen LogP contribution < -0.4 is 0 Å². The lowest BCUT2D eigenvalue weighted by atomic mass is 10.1. The third-order valence-corrected chi connectivity index (χ3v) is 2.93. The van der Waals surface area contributed by atoms with Crippen LogP contribution in [0.5, 0.6) is 0 Å². The zero-order valence-electron chi connectivity index (χ0n) is 11.2. The van der Waals surface area contributed by atoms with Crippen LogP contribution in [0.15, 0.2) is 48.5 Å². The van der Waals surface area contributed by atoms with Gasteiger partial charge in [-0.1, -0.05) is 18.2 Å². The molecule has 2 aromatic carbocycles. The molecule has 6 heteroatoms. The molecule has 0 amide bonds. The van der Waals surface area contributed by atoms with Crippen LogP contribution in [0.3, 0.4) is 0 Å². The van der Waals surface area contributed by atoms with Crippen LogP contribution in [-0.2, 0) is 17.5 Å². The molecule has 112 valence electrons. The van der Waals surface area contributed by atoms with Crippen molar-refractivity contribution >= 4 is 5.97 Å². The number of rotatable bonds is 3. The van der Waals surface area contributed by atoms with Crippen LogP contribution in [0.2, 0.25) is 0 Å². The summed E-state index contributed by atoms with van der Waals surface area (Å²) in [5.74, 6) is -0.749. The van der Waals surface area contributed by atoms with Crippen LogP contribution >= 0.6 is 0 Å². The molecule has 2 rings (SSSR count). The van der Waals surface area contributed by atoms with Crippen molar-refractivity contribution < 1.29 is 22.7 Å². The largest absolute Gasteiger partial charge is 0.457 e. The average Bonchev–Trinajstić information content (AvgIpc) is 2.52. The minimum absolute atomic E-state index is 0.114. The van der Waals surface area contributed by atoms with Gasteiger partial charge in [-0.15, -0.1) is 0 Å². The molecule has 0 radical (unpaired) electrons. The van der Waals surface area contributed by atoms with E-state index in [0.29, 0.717) is 5.56 Å². The molecule has 0 atom stereocenters. The molecule has 0 heterocycles. The number of benzene rings is 2. The third-order valence-electron chi connectivity index (χ3n) is 2.93. The van der Waals surface area contributed by atoms with Gasteiger partial charge < -0.3 is 4.74 Å². The van der Waals surface area contributed by atoms with Gasteiger partial charge in [-0.05, 0) is 30.3 Å². The summed E-state index contributed by atoms with van der Waals surface area (Å²) in [5, 5.41) is 8.65. The van der Waals surface area contributed by atoms with Crippen molar-refractivity contribution in [1.29, 1.82) is 5.26 Å². The van der Waals surface area contributed by atoms with E-state index in [2.05, 4.69) is 0 Å². The van der Waals surface area contributed by atoms with Gasteiger partial charge in [0.05, 0.1) is 22.8 Å². The number of nitriles is 1. The number of ether oxygens (including phenoxy) is 1. The van der Waals surface area contributed by atoms with Crippen LogP contribution in [0.25, 0.3) is 0 Å². The Labute approximate surface area is 124 Å². The van der Waals surface area contributed by atoms with Crippen molar-refractivity contribution in [3.05, 3.63) is 70.8 Å². The monoisotopic (exact) mass is 305 g/mol. The van der Waals surface area contributed by atoms with E-state index in [1.807, 2.05) is 6.07 Å². The Balaban J connectivity index is 2.10. The highest BCUT2D eigenvalue weighted by atomic mass is 19.4. The number of carbonyl (C=O) groups excluding carboxylic acids is 1. The van der Waals surface area contributed by atoms with E-state index in [9.17, 15) is 18.0 Å². The second-order valence-corrected chi connectivity index (χ2v) is 4.42. The van der Waals surface area contributed by atoms with Crippen molar-refractivity contribution in [2.75, 3.05) is 0 Å². The molecule has 0 N–H and O–H groups in total. The van der Waals surface area contributed by atoms with Gasteiger partial charge in [0.2, 0.25) is 0 Å². The van der Waals surface area contributed by atoms with Gasteiger partial charge >= 0.3 is 12.1 Å². The van der Waals surface area contributed by atoms with Crippen LogP contribution in [0.1, 0.15) is 27.0 Å². The van der Waals surface area contributed by atoms with Crippen molar-refractivity contribution in [3.8, 4) is 6.07 Å². The quantitative estimate of drug-likeness (QED) is 0.807. The molecule has 0 saturated heterocycles. The number of nitrogens with zero attached hydrogens (tertiary/aromatic N) is 1. The smallest absolute Gasteiger partial charge is 0.416 e. The third kappa shape index (κ3) is 3.64. The molecule has 0 aliphatic carbocycles. The normalized spacial score (nSPS) is 10.8. The first-order valence-corrected chi connectivity index (χ1v) is 6.24. The number of alkyl halides is 3. The zero-order valence-corrected chi connectivity index (χ0v) is 11.2. The summed E-state index contributed by atoms with van der Waals surface area (Å²) in [6.07, 6.45) is -4.50. The predicted molar refractivity (Wildman–Crippen MR) is 71.7 cm³/mol. The molecule has 22 heavy (non-hydrogen) atoms. The van der Waals surface area contributed by atoms with E-state index in [4.69, 9.17) is 10.00 Å². The van der Waals surface area contributed by atoms with Gasteiger partial charge in [-0.3, -0.25) is 0 Å². The number of halogens is 3. The van der Waals surface area contributed by atoms with Crippen LogP contribution in [0.4, 0.5) is 13.2 Å². The fourth-order valence-corrected chi connectivity index (χ4v) is 1.83. The number of carbonyl (C=O) groups is 1. The van der Waals surface area contributed by atoms with Crippen molar-refractivity contribution in [2.45, 2.75) is 12.8 Å². The standard InChI is InChI=1S/C16H10F3NO2/c17-16(18,19)14-4-2-1-3-13(14)10-22-15(21)12-7-5-11(9-20)6-8-12/h1-8H,10H2. The Kier molecular flexibility index (Phi) is 4.47. The second-order valence-electron chi connectivity index (χ2n) is 4.42. The number of esters is 1. The van der Waals surface area contributed by atoms with E-state index in [-0.39, 0.29) is 11.1 Å². The van der Waals surface area contributed by atoms with Crippen molar-refractivity contribution in [1.82, 2.24) is 0 Å². The van der Waals surface area contributed by atoms with Crippen LogP contribution in [-0.4, -0.2) is 5.97 Å². The second kappa shape index (κ2) is 6.31. The Morgan fingerprint density at radius 3 is 2.32 bits per heavy atom. The van der Waals surface area contributed by atoms with E-state index in [1.165, 1.54) is 42.5 Å². The molecule has 0 unspecified atom stereocenters. The van der Waals surface area contributed by atoms with Gasteiger partial charge in [-0.2, -0.15) is 18.4 Å². The maximum absolute atomic E-state index is 12.8. The van der Waals surface area contributed by atoms with Gasteiger partial charge in [-0.25, -0.2) is 4.79 Å². The summed E-state index contributed by atoms with van der Waals surface area (Å²) in [6.45, 7) is -0.478. The Morgan fingerprint density at radius 2 is 1.73 bits per heavy atom. The number of hydrogen-bond donors (Lipinski definition) is 0. The highest BCUT2D eigenvalue weighted by Gasteiger charge is 2.33. The van der Waals surface area contributed by atoms with Gasteiger partial charge in [0.25, 0.3) is 0 Å². The minimum atomic E-state index is -4.50. The summed E-state index contributed by atoms with van der Waals surface area (Å²) in [6, 6.07) is 12.4. The van der Waals surface area contributed by atoms with E-state index >= 15 is 0 Å². The first-order valence-electron chi connectivity index (χ1n) is 6.24. The topological polar surface area (TPSA) is 50.1 Å². The highest BCUT2D eigenvalue weighted by Crippen LogP contribution is 2.32. The number of hydrogen-bond acceptors (Lipinski definition) is 3. The van der Waals surface area contributed by atoms with Gasteiger partial charge in [0.15, 0.2) is 0 Å². The zero-order chi connectivity index (χ0) is 16.2. The lowest BCUT2D eigenvalue weighted by molar-refractivity contribution is -0.138. The molecule has 0 aliphatic heterocycles. The molecule has 0 aromatic heterocycles. The SMILES string of the molecule is N#Cc1ccc(C(=O)OCc2ccccc2C(F)(F)F)cc1. The fraction of sp³-hybridized carbons (Fsp3) is 0.125. The summed E-state index contributed by atoms with van der Waals surface area (Å²) in [4.78, 5) is 11.8. The average molecular weight is 305 g/mol. The van der Waals surface area contributed by atoms with Gasteiger partial charge in [0, 0.05) is 5.56 Å². The molecule has 0 fully saturated rings. The maximum atomic E-state index is 12.8. The predicted octanol–water partition coefficient (Wildman–Crippen LogP) is 3.93. The van der Waals surface area contributed by atoms with Crippen molar-refractivity contribution in [3.63, 3.8) is 0 Å². The maximum Gasteiger partial charge on any atom is 0.416 e. The fourth-order valence-electron chi connectivity index (χ4n) is 1.83. The molecule has 0 bridgehead atoms. The Morgan fingerprint density at radius 1 is 1.09 bits per heavy atom. The van der Waals surface area contributed by atoms with E-state index in [1.54, 1.807) is 0 Å². The Bertz CT molecular complexity index is 715. The molecule has 2 aromatic rings. The Hall–Kier alpha value is -2.81. The minimum Gasteiger partial charge on any atom is -0.457 e. The summed E-state index contributed by atoms with van der Waals surface area (Å²) in [7, 11) is 0.